The predicted molar refractivity (Wildman–Crippen MR) is 64.2 cm³/mol. The van der Waals surface area contributed by atoms with Crippen LogP contribution in [0.25, 0.3) is 0 Å². The number of carbonyl (C=O) groups excluding carboxylic acids is 2. The lowest BCUT2D eigenvalue weighted by Gasteiger charge is -2.10. The predicted octanol–water partition coefficient (Wildman–Crippen LogP) is 0.576. The average Bonchev–Trinajstić information content (AvgIpc) is 2.34. The lowest BCUT2D eigenvalue weighted by atomic mass is 10.2. The van der Waals surface area contributed by atoms with Crippen LogP contribution in [0.1, 0.15) is 5.56 Å². The number of carbonyl (C=O) groups is 2. The third-order valence-corrected chi connectivity index (χ3v) is 3.45. The first-order valence-corrected chi connectivity index (χ1v) is 6.77. The summed E-state index contributed by atoms with van der Waals surface area (Å²) < 4.78 is 60.3. The van der Waals surface area contributed by atoms with Gasteiger partial charge in [0.2, 0.25) is 0 Å². The number of halogens is 3. The van der Waals surface area contributed by atoms with Crippen LogP contribution in [0.4, 0.5) is 18.0 Å². The van der Waals surface area contributed by atoms with E-state index in [1.165, 1.54) is 34.4 Å². The number of amides is 3. The minimum Gasteiger partial charge on any atom is -0.263 e. The molecule has 0 heterocycles. The number of alkyl halides is 3. The van der Waals surface area contributed by atoms with E-state index < -0.39 is 28.1 Å². The Balaban J connectivity index is 2.66. The molecule has 0 saturated carbocycles. The zero-order valence-electron chi connectivity index (χ0n) is 10.5. The van der Waals surface area contributed by atoms with Crippen molar-refractivity contribution in [1.82, 2.24) is 15.6 Å². The highest BCUT2D eigenvalue weighted by atomic mass is 32.2. The maximum absolute atomic E-state index is 11.8. The molecular formula is C10H10F3N3O4S. The van der Waals surface area contributed by atoms with Crippen molar-refractivity contribution in [2.75, 3.05) is 0 Å². The summed E-state index contributed by atoms with van der Waals surface area (Å²) in [5, 5.41) is 0. The molecule has 21 heavy (non-hydrogen) atoms. The molecule has 1 aromatic carbocycles. The van der Waals surface area contributed by atoms with Crippen molar-refractivity contribution in [2.24, 2.45) is 0 Å². The number of hydrazine groups is 1. The van der Waals surface area contributed by atoms with Gasteiger partial charge in [0, 0.05) is 0 Å². The van der Waals surface area contributed by atoms with Gasteiger partial charge < -0.3 is 0 Å². The molecule has 0 saturated heterocycles. The average molecular weight is 325 g/mol. The van der Waals surface area contributed by atoms with E-state index in [0.29, 0.717) is 0 Å². The SMILES string of the molecule is Cc1ccc(S(=O)(=O)NC(=O)NNC(=O)C(F)(F)F)cc1. The van der Waals surface area contributed by atoms with Crippen LogP contribution in [0.2, 0.25) is 0 Å². The molecule has 0 spiro atoms. The topological polar surface area (TPSA) is 104 Å². The van der Waals surface area contributed by atoms with Crippen molar-refractivity contribution >= 4 is 22.0 Å². The molecular weight excluding hydrogens is 315 g/mol. The van der Waals surface area contributed by atoms with E-state index in [9.17, 15) is 31.2 Å². The summed E-state index contributed by atoms with van der Waals surface area (Å²) >= 11 is 0. The molecule has 3 N–H and O–H groups in total. The summed E-state index contributed by atoms with van der Waals surface area (Å²) in [6, 6.07) is 3.82. The number of aryl methyl sites for hydroxylation is 1. The molecule has 0 aromatic heterocycles. The Morgan fingerprint density at radius 3 is 2.05 bits per heavy atom. The van der Waals surface area contributed by atoms with Crippen molar-refractivity contribution in [1.29, 1.82) is 0 Å². The first kappa shape index (κ1) is 16.8. The first-order valence-electron chi connectivity index (χ1n) is 5.29. The van der Waals surface area contributed by atoms with E-state index in [-0.39, 0.29) is 4.90 Å². The third kappa shape index (κ3) is 4.95. The summed E-state index contributed by atoms with van der Waals surface area (Å²) in [4.78, 5) is 21.3. The molecule has 7 nitrogen and oxygen atoms in total. The molecule has 0 aliphatic heterocycles. The number of benzene rings is 1. The summed E-state index contributed by atoms with van der Waals surface area (Å²) in [5.41, 5.74) is 3.07. The summed E-state index contributed by atoms with van der Waals surface area (Å²) in [7, 11) is -4.25. The molecule has 11 heteroatoms. The second-order valence-corrected chi connectivity index (χ2v) is 5.51. The third-order valence-electron chi connectivity index (χ3n) is 2.11. The fourth-order valence-corrected chi connectivity index (χ4v) is 2.02. The summed E-state index contributed by atoms with van der Waals surface area (Å²) in [6.45, 7) is 1.71. The van der Waals surface area contributed by atoms with E-state index in [0.717, 1.165) is 11.0 Å². The monoisotopic (exact) mass is 325 g/mol. The molecule has 1 rings (SSSR count). The highest BCUT2D eigenvalue weighted by Crippen LogP contribution is 2.13. The number of rotatable bonds is 2. The van der Waals surface area contributed by atoms with Crippen LogP contribution < -0.4 is 15.6 Å². The normalized spacial score (nSPS) is 11.6. The Hall–Kier alpha value is -2.30. The fourth-order valence-electron chi connectivity index (χ4n) is 1.11. The van der Waals surface area contributed by atoms with Gasteiger partial charge in [-0.3, -0.25) is 10.2 Å². The van der Waals surface area contributed by atoms with Gasteiger partial charge >= 0.3 is 18.1 Å². The van der Waals surface area contributed by atoms with E-state index in [2.05, 4.69) is 0 Å². The fraction of sp³-hybridized carbons (Fsp3) is 0.200. The Morgan fingerprint density at radius 2 is 1.57 bits per heavy atom. The van der Waals surface area contributed by atoms with Crippen LogP contribution in [-0.2, 0) is 14.8 Å². The van der Waals surface area contributed by atoms with Gasteiger partial charge in [-0.1, -0.05) is 17.7 Å². The van der Waals surface area contributed by atoms with Crippen molar-refractivity contribution < 1.29 is 31.2 Å². The second-order valence-electron chi connectivity index (χ2n) is 3.82. The molecule has 0 bridgehead atoms. The van der Waals surface area contributed by atoms with Crippen molar-refractivity contribution in [3.63, 3.8) is 0 Å². The number of hydrogen-bond acceptors (Lipinski definition) is 4. The number of nitrogens with one attached hydrogen (secondary N) is 3. The smallest absolute Gasteiger partial charge is 0.263 e. The Kier molecular flexibility index (Phi) is 4.78. The van der Waals surface area contributed by atoms with Crippen LogP contribution in [0.3, 0.4) is 0 Å². The van der Waals surface area contributed by atoms with E-state index >= 15 is 0 Å². The highest BCUT2D eigenvalue weighted by molar-refractivity contribution is 7.90. The first-order chi connectivity index (χ1) is 9.52. The minimum absolute atomic E-state index is 0.259. The van der Waals surface area contributed by atoms with E-state index in [1.807, 2.05) is 0 Å². The quantitative estimate of drug-likeness (QED) is 0.692. The number of hydrogen-bond donors (Lipinski definition) is 3. The lowest BCUT2D eigenvalue weighted by molar-refractivity contribution is -0.174. The van der Waals surface area contributed by atoms with Crippen LogP contribution in [0, 0.1) is 6.92 Å². The van der Waals surface area contributed by atoms with Gasteiger partial charge in [0.25, 0.3) is 10.0 Å². The van der Waals surface area contributed by atoms with Crippen molar-refractivity contribution in [3.05, 3.63) is 29.8 Å². The zero-order chi connectivity index (χ0) is 16.3. The molecule has 0 unspecified atom stereocenters. The molecule has 1 aromatic rings. The van der Waals surface area contributed by atoms with Gasteiger partial charge in [-0.2, -0.15) is 13.2 Å². The van der Waals surface area contributed by atoms with Gasteiger partial charge in [0.05, 0.1) is 4.90 Å². The van der Waals surface area contributed by atoms with E-state index in [4.69, 9.17) is 0 Å². The second kappa shape index (κ2) is 5.99. The summed E-state index contributed by atoms with van der Waals surface area (Å²) in [6.07, 6.45) is -5.21. The molecule has 116 valence electrons. The molecule has 0 aliphatic carbocycles. The van der Waals surface area contributed by atoms with Gasteiger partial charge in [0.15, 0.2) is 0 Å². The van der Waals surface area contributed by atoms with Gasteiger partial charge in [0.1, 0.15) is 0 Å². The lowest BCUT2D eigenvalue weighted by Crippen LogP contribution is -2.52. The largest absolute Gasteiger partial charge is 0.472 e. The van der Waals surface area contributed by atoms with Gasteiger partial charge in [-0.15, -0.1) is 0 Å². The minimum atomic E-state index is -5.21. The Labute approximate surface area is 117 Å². The molecule has 0 radical (unpaired) electrons. The van der Waals surface area contributed by atoms with Crippen LogP contribution in [0.5, 0.6) is 0 Å². The highest BCUT2D eigenvalue weighted by Gasteiger charge is 2.39. The molecule has 0 aliphatic rings. The number of urea groups is 1. The van der Waals surface area contributed by atoms with Crippen LogP contribution in [-0.4, -0.2) is 26.5 Å². The molecule has 0 fully saturated rings. The summed E-state index contributed by atoms with van der Waals surface area (Å²) in [5.74, 6) is -2.44. The van der Waals surface area contributed by atoms with Gasteiger partial charge in [-0.05, 0) is 19.1 Å². The molecule has 0 atom stereocenters. The maximum atomic E-state index is 11.8. The maximum Gasteiger partial charge on any atom is 0.472 e. The van der Waals surface area contributed by atoms with Crippen molar-refractivity contribution in [3.8, 4) is 0 Å². The van der Waals surface area contributed by atoms with Crippen LogP contribution >= 0.6 is 0 Å². The molecule has 3 amide bonds. The Morgan fingerprint density at radius 1 is 1.05 bits per heavy atom. The zero-order valence-corrected chi connectivity index (χ0v) is 11.3. The standard InChI is InChI=1S/C10H10F3N3O4S/c1-6-2-4-7(5-3-6)21(19,20)16-9(18)15-14-8(17)10(11,12)13/h2-5H,1H3,(H,14,17)(H2,15,16,18). The van der Waals surface area contributed by atoms with Crippen molar-refractivity contribution in [2.45, 2.75) is 18.0 Å². The Bertz CT molecular complexity index is 641. The number of sulfonamides is 1. The van der Waals surface area contributed by atoms with Gasteiger partial charge in [-0.25, -0.2) is 23.4 Å². The van der Waals surface area contributed by atoms with E-state index in [1.54, 1.807) is 6.92 Å². The van der Waals surface area contributed by atoms with Crippen LogP contribution in [0.15, 0.2) is 29.2 Å².